The van der Waals surface area contributed by atoms with Crippen LogP contribution in [0.25, 0.3) is 0 Å². The fourth-order valence-corrected chi connectivity index (χ4v) is 1.59. The van der Waals surface area contributed by atoms with Crippen molar-refractivity contribution in [1.29, 1.82) is 0 Å². The van der Waals surface area contributed by atoms with Gasteiger partial charge in [-0.15, -0.1) is 0 Å². The molecule has 1 aromatic rings. The number of hydrogen-bond acceptors (Lipinski definition) is 2. The number of hydrogen-bond donors (Lipinski definition) is 1. The molecule has 2 nitrogen and oxygen atoms in total. The van der Waals surface area contributed by atoms with Crippen molar-refractivity contribution >= 4 is 11.4 Å². The van der Waals surface area contributed by atoms with Crippen LogP contribution in [-0.2, 0) is 0 Å². The van der Waals surface area contributed by atoms with Gasteiger partial charge in [0.25, 0.3) is 0 Å². The molecule has 0 aromatic heterocycles. The maximum Gasteiger partial charge on any atom is 0.151 e. The topological polar surface area (TPSA) is 29.3 Å². The van der Waals surface area contributed by atoms with Gasteiger partial charge in [0, 0.05) is 18.8 Å². The van der Waals surface area contributed by atoms with E-state index in [-0.39, 0.29) is 11.4 Å². The Bertz CT molecular complexity index is 316. The average molecular weight is 214 g/mol. The number of nitrogen functional groups attached to an aromatic ring is 1. The second-order valence-corrected chi connectivity index (χ2v) is 3.41. The van der Waals surface area contributed by atoms with E-state index in [2.05, 4.69) is 0 Å². The van der Waals surface area contributed by atoms with E-state index in [9.17, 15) is 8.78 Å². The van der Waals surface area contributed by atoms with Crippen molar-refractivity contribution in [2.75, 3.05) is 23.7 Å². The first-order chi connectivity index (χ1) is 7.10. The molecule has 0 atom stereocenters. The van der Waals surface area contributed by atoms with E-state index >= 15 is 0 Å². The van der Waals surface area contributed by atoms with Gasteiger partial charge in [0.1, 0.15) is 5.69 Å². The zero-order valence-electron chi connectivity index (χ0n) is 9.06. The van der Waals surface area contributed by atoms with Crippen LogP contribution in [0.15, 0.2) is 12.1 Å². The number of nitrogens with two attached hydrogens (primary N) is 1. The fraction of sp³-hybridized carbons (Fsp3) is 0.455. The maximum atomic E-state index is 13.5. The zero-order chi connectivity index (χ0) is 11.4. The summed E-state index contributed by atoms with van der Waals surface area (Å²) in [6.45, 7) is 5.04. The van der Waals surface area contributed by atoms with Gasteiger partial charge < -0.3 is 10.6 Å². The molecule has 0 saturated carbocycles. The fourth-order valence-electron chi connectivity index (χ4n) is 1.59. The third kappa shape index (κ3) is 2.58. The lowest BCUT2D eigenvalue weighted by Crippen LogP contribution is -2.25. The summed E-state index contributed by atoms with van der Waals surface area (Å²) in [7, 11) is 0. The molecule has 1 aromatic carbocycles. The van der Waals surface area contributed by atoms with Gasteiger partial charge in [-0.3, -0.25) is 0 Å². The predicted octanol–water partition coefficient (Wildman–Crippen LogP) is 2.78. The van der Waals surface area contributed by atoms with Crippen LogP contribution in [0.2, 0.25) is 0 Å². The van der Waals surface area contributed by atoms with Gasteiger partial charge in [0.2, 0.25) is 0 Å². The Morgan fingerprint density at radius 3 is 2.13 bits per heavy atom. The van der Waals surface area contributed by atoms with Crippen LogP contribution in [0.1, 0.15) is 20.3 Å². The summed E-state index contributed by atoms with van der Waals surface area (Å²) in [4.78, 5) is 1.67. The number of rotatable bonds is 4. The van der Waals surface area contributed by atoms with Gasteiger partial charge in [0.05, 0.1) is 0 Å². The molecule has 0 amide bonds. The molecule has 0 aliphatic carbocycles. The Morgan fingerprint density at radius 1 is 1.20 bits per heavy atom. The summed E-state index contributed by atoms with van der Waals surface area (Å²) in [6.07, 6.45) is 0.844. The van der Waals surface area contributed by atoms with Gasteiger partial charge >= 0.3 is 0 Å². The van der Waals surface area contributed by atoms with E-state index in [1.54, 1.807) is 4.90 Å². The van der Waals surface area contributed by atoms with E-state index in [0.29, 0.717) is 13.1 Å². The first kappa shape index (κ1) is 11.8. The summed E-state index contributed by atoms with van der Waals surface area (Å²) in [5, 5.41) is 0. The van der Waals surface area contributed by atoms with Crippen molar-refractivity contribution in [2.45, 2.75) is 20.3 Å². The number of halogens is 2. The minimum absolute atomic E-state index is 0.0218. The van der Waals surface area contributed by atoms with E-state index in [1.165, 1.54) is 0 Å². The first-order valence-corrected chi connectivity index (χ1v) is 5.09. The lowest BCUT2D eigenvalue weighted by atomic mass is 10.2. The molecular formula is C11H16F2N2. The molecule has 0 aliphatic rings. The highest BCUT2D eigenvalue weighted by molar-refractivity contribution is 5.55. The Balaban J connectivity index is 3.11. The molecule has 0 fully saturated rings. The minimum atomic E-state index is -0.595. The molecule has 15 heavy (non-hydrogen) atoms. The van der Waals surface area contributed by atoms with Crippen molar-refractivity contribution in [3.05, 3.63) is 23.8 Å². The van der Waals surface area contributed by atoms with Gasteiger partial charge in [0.15, 0.2) is 11.6 Å². The number of nitrogens with zero attached hydrogens (tertiary/aromatic N) is 1. The summed E-state index contributed by atoms with van der Waals surface area (Å²) in [6, 6.07) is 2.30. The summed E-state index contributed by atoms with van der Waals surface area (Å²) >= 11 is 0. The van der Waals surface area contributed by atoms with E-state index in [4.69, 9.17) is 5.73 Å². The van der Waals surface area contributed by atoms with Crippen LogP contribution in [0.5, 0.6) is 0 Å². The highest BCUT2D eigenvalue weighted by Gasteiger charge is 2.15. The predicted molar refractivity (Wildman–Crippen MR) is 58.9 cm³/mol. The molecule has 0 unspecified atom stereocenters. The molecule has 0 spiro atoms. The third-order valence-corrected chi connectivity index (χ3v) is 2.23. The van der Waals surface area contributed by atoms with Crippen molar-refractivity contribution in [3.63, 3.8) is 0 Å². The molecule has 84 valence electrons. The van der Waals surface area contributed by atoms with Crippen LogP contribution in [0, 0.1) is 11.6 Å². The third-order valence-electron chi connectivity index (χ3n) is 2.23. The maximum absolute atomic E-state index is 13.5. The van der Waals surface area contributed by atoms with E-state index in [0.717, 1.165) is 18.6 Å². The molecular weight excluding hydrogens is 198 g/mol. The Labute approximate surface area is 88.7 Å². The Morgan fingerprint density at radius 2 is 1.73 bits per heavy atom. The summed E-state index contributed by atoms with van der Waals surface area (Å²) in [5.41, 5.74) is 5.48. The largest absolute Gasteiger partial charge is 0.399 e. The molecule has 0 radical (unpaired) electrons. The lowest BCUT2D eigenvalue weighted by Gasteiger charge is -2.23. The second kappa shape index (κ2) is 4.96. The number of anilines is 2. The van der Waals surface area contributed by atoms with Crippen LogP contribution in [0.4, 0.5) is 20.2 Å². The van der Waals surface area contributed by atoms with E-state index in [1.807, 2.05) is 13.8 Å². The van der Waals surface area contributed by atoms with E-state index < -0.39 is 11.6 Å². The Kier molecular flexibility index (Phi) is 3.88. The van der Waals surface area contributed by atoms with Crippen molar-refractivity contribution in [3.8, 4) is 0 Å². The smallest absolute Gasteiger partial charge is 0.151 e. The molecule has 0 saturated heterocycles. The quantitative estimate of drug-likeness (QED) is 0.781. The summed E-state index contributed by atoms with van der Waals surface area (Å²) < 4.78 is 27.0. The average Bonchev–Trinajstić information content (AvgIpc) is 2.14. The summed E-state index contributed by atoms with van der Waals surface area (Å²) in [5.74, 6) is -1.19. The molecule has 0 bridgehead atoms. The standard InChI is InChI=1S/C11H16F2N2/c1-3-5-15(4-2)11-9(12)6-8(14)7-10(11)13/h6-7H,3-5,14H2,1-2H3. The van der Waals surface area contributed by atoms with Gasteiger partial charge in [-0.25, -0.2) is 8.78 Å². The van der Waals surface area contributed by atoms with Crippen LogP contribution >= 0.6 is 0 Å². The normalized spacial score (nSPS) is 10.4. The highest BCUT2D eigenvalue weighted by atomic mass is 19.1. The minimum Gasteiger partial charge on any atom is -0.399 e. The molecule has 2 N–H and O–H groups in total. The zero-order valence-corrected chi connectivity index (χ0v) is 9.06. The highest BCUT2D eigenvalue weighted by Crippen LogP contribution is 2.25. The van der Waals surface area contributed by atoms with Gasteiger partial charge in [-0.2, -0.15) is 0 Å². The van der Waals surface area contributed by atoms with Crippen molar-refractivity contribution in [2.24, 2.45) is 0 Å². The lowest BCUT2D eigenvalue weighted by molar-refractivity contribution is 0.572. The monoisotopic (exact) mass is 214 g/mol. The van der Waals surface area contributed by atoms with Crippen molar-refractivity contribution < 1.29 is 8.78 Å². The van der Waals surface area contributed by atoms with Crippen molar-refractivity contribution in [1.82, 2.24) is 0 Å². The van der Waals surface area contributed by atoms with Crippen LogP contribution in [-0.4, -0.2) is 13.1 Å². The molecule has 0 aliphatic heterocycles. The Hall–Kier alpha value is -1.32. The molecule has 0 heterocycles. The SMILES string of the molecule is CCCN(CC)c1c(F)cc(N)cc1F. The first-order valence-electron chi connectivity index (χ1n) is 5.09. The van der Waals surface area contributed by atoms with Crippen LogP contribution in [0.3, 0.4) is 0 Å². The van der Waals surface area contributed by atoms with Crippen LogP contribution < -0.4 is 10.6 Å². The van der Waals surface area contributed by atoms with Gasteiger partial charge in [-0.1, -0.05) is 6.92 Å². The number of benzene rings is 1. The van der Waals surface area contributed by atoms with Gasteiger partial charge in [-0.05, 0) is 25.5 Å². The molecule has 4 heteroatoms. The second-order valence-electron chi connectivity index (χ2n) is 3.41. The molecule has 1 rings (SSSR count).